The zero-order chi connectivity index (χ0) is 18.1. The van der Waals surface area contributed by atoms with E-state index in [2.05, 4.69) is 16.2 Å². The summed E-state index contributed by atoms with van der Waals surface area (Å²) in [5.41, 5.74) is 12.8. The van der Waals surface area contributed by atoms with Gasteiger partial charge in [0.25, 0.3) is 0 Å². The summed E-state index contributed by atoms with van der Waals surface area (Å²) in [6, 6.07) is 18.7. The van der Waals surface area contributed by atoms with Gasteiger partial charge in [0.2, 0.25) is 11.8 Å². The molecule has 2 rings (SSSR count). The van der Waals surface area contributed by atoms with E-state index < -0.39 is 11.9 Å². The Morgan fingerprint density at radius 1 is 0.960 bits per heavy atom. The monoisotopic (exact) mass is 340 g/mol. The standard InChI is InChI=1S/C19H24N4O2/c1-21-23-16(12-13-17(20)24)19(25)22-18(14-8-4-2-5-9-14)15-10-6-3-7-11-15/h2-11,16,18,21,23H,12-13H2,1H3,(H2,20,24)(H,22,25). The summed E-state index contributed by atoms with van der Waals surface area (Å²) in [6.45, 7) is 0. The number of nitrogens with two attached hydrogens (primary N) is 1. The van der Waals surface area contributed by atoms with Crippen molar-refractivity contribution in [1.29, 1.82) is 0 Å². The number of carbonyl (C=O) groups excluding carboxylic acids is 2. The number of carbonyl (C=O) groups is 2. The molecule has 0 radical (unpaired) electrons. The van der Waals surface area contributed by atoms with Gasteiger partial charge in [-0.2, -0.15) is 0 Å². The Labute approximate surface area is 147 Å². The Morgan fingerprint density at radius 2 is 1.48 bits per heavy atom. The van der Waals surface area contributed by atoms with Gasteiger partial charge in [0.15, 0.2) is 0 Å². The molecule has 6 nitrogen and oxygen atoms in total. The number of nitrogens with one attached hydrogen (secondary N) is 3. The first kappa shape index (κ1) is 18.6. The van der Waals surface area contributed by atoms with Crippen LogP contribution in [-0.4, -0.2) is 24.9 Å². The summed E-state index contributed by atoms with van der Waals surface area (Å²) in [7, 11) is 1.68. The highest BCUT2D eigenvalue weighted by atomic mass is 16.2. The highest BCUT2D eigenvalue weighted by Crippen LogP contribution is 2.22. The third-order valence-corrected chi connectivity index (χ3v) is 3.87. The second-order valence-electron chi connectivity index (χ2n) is 5.71. The van der Waals surface area contributed by atoms with Gasteiger partial charge >= 0.3 is 0 Å². The summed E-state index contributed by atoms with van der Waals surface area (Å²) in [5.74, 6) is -0.633. The SMILES string of the molecule is CNNC(CCC(N)=O)C(=O)NC(c1ccccc1)c1ccccc1. The molecule has 2 aromatic carbocycles. The van der Waals surface area contributed by atoms with Gasteiger partial charge in [-0.3, -0.25) is 15.0 Å². The van der Waals surface area contributed by atoms with E-state index in [-0.39, 0.29) is 18.4 Å². The lowest BCUT2D eigenvalue weighted by molar-refractivity contribution is -0.124. The number of rotatable bonds is 9. The fourth-order valence-corrected chi connectivity index (χ4v) is 2.62. The lowest BCUT2D eigenvalue weighted by Crippen LogP contribution is -2.50. The molecule has 2 amide bonds. The Kier molecular flexibility index (Phi) is 7.13. The van der Waals surface area contributed by atoms with E-state index >= 15 is 0 Å². The van der Waals surface area contributed by atoms with Gasteiger partial charge in [0, 0.05) is 6.42 Å². The van der Waals surface area contributed by atoms with Crippen molar-refractivity contribution >= 4 is 11.8 Å². The predicted octanol–water partition coefficient (Wildman–Crippen LogP) is 1.25. The topological polar surface area (TPSA) is 96.2 Å². The van der Waals surface area contributed by atoms with Gasteiger partial charge in [-0.05, 0) is 24.6 Å². The number of amides is 2. The lowest BCUT2D eigenvalue weighted by atomic mass is 9.98. The zero-order valence-corrected chi connectivity index (χ0v) is 14.2. The maximum atomic E-state index is 12.7. The normalized spacial score (nSPS) is 11.9. The molecule has 0 aromatic heterocycles. The Bertz CT molecular complexity index is 637. The Balaban J connectivity index is 2.20. The molecule has 0 aliphatic rings. The van der Waals surface area contributed by atoms with Crippen molar-refractivity contribution in [2.24, 2.45) is 5.73 Å². The first-order chi connectivity index (χ1) is 12.1. The van der Waals surface area contributed by atoms with E-state index in [0.29, 0.717) is 6.42 Å². The fourth-order valence-electron chi connectivity index (χ4n) is 2.62. The molecule has 0 aliphatic carbocycles. The van der Waals surface area contributed by atoms with Gasteiger partial charge in [0.1, 0.15) is 6.04 Å². The summed E-state index contributed by atoms with van der Waals surface area (Å²) < 4.78 is 0. The van der Waals surface area contributed by atoms with Crippen LogP contribution in [0, 0.1) is 0 Å². The molecule has 132 valence electrons. The van der Waals surface area contributed by atoms with E-state index in [9.17, 15) is 9.59 Å². The van der Waals surface area contributed by atoms with Gasteiger partial charge in [-0.25, -0.2) is 5.43 Å². The summed E-state index contributed by atoms with van der Waals surface area (Å²) in [6.07, 6.45) is 0.451. The van der Waals surface area contributed by atoms with Crippen LogP contribution in [0.4, 0.5) is 0 Å². The second-order valence-corrected chi connectivity index (χ2v) is 5.71. The van der Waals surface area contributed by atoms with E-state index in [1.54, 1.807) is 7.05 Å². The van der Waals surface area contributed by atoms with Crippen molar-refractivity contribution in [2.45, 2.75) is 24.9 Å². The minimum atomic E-state index is -0.563. The minimum absolute atomic E-state index is 0.133. The molecule has 0 heterocycles. The van der Waals surface area contributed by atoms with Crippen LogP contribution in [0.2, 0.25) is 0 Å². The van der Waals surface area contributed by atoms with E-state index in [0.717, 1.165) is 11.1 Å². The highest BCUT2D eigenvalue weighted by molar-refractivity contribution is 5.83. The number of benzene rings is 2. The molecular formula is C19H24N4O2. The van der Waals surface area contributed by atoms with Crippen molar-refractivity contribution in [2.75, 3.05) is 7.05 Å². The molecule has 5 N–H and O–H groups in total. The van der Waals surface area contributed by atoms with Gasteiger partial charge in [-0.1, -0.05) is 60.7 Å². The van der Waals surface area contributed by atoms with E-state index in [1.165, 1.54) is 0 Å². The molecule has 2 aromatic rings. The largest absolute Gasteiger partial charge is 0.370 e. The number of hydrogen-bond donors (Lipinski definition) is 4. The Hall–Kier alpha value is -2.70. The molecule has 25 heavy (non-hydrogen) atoms. The van der Waals surface area contributed by atoms with Crippen LogP contribution in [0.3, 0.4) is 0 Å². The molecule has 0 saturated heterocycles. The maximum absolute atomic E-state index is 12.7. The minimum Gasteiger partial charge on any atom is -0.370 e. The van der Waals surface area contributed by atoms with Crippen LogP contribution in [0.5, 0.6) is 0 Å². The molecule has 0 spiro atoms. The third kappa shape index (κ3) is 5.70. The number of primary amides is 1. The molecule has 6 heteroatoms. The van der Waals surface area contributed by atoms with Crippen LogP contribution in [0.25, 0.3) is 0 Å². The smallest absolute Gasteiger partial charge is 0.239 e. The number of hydrazine groups is 1. The van der Waals surface area contributed by atoms with Gasteiger partial charge < -0.3 is 11.1 Å². The molecule has 1 unspecified atom stereocenters. The van der Waals surface area contributed by atoms with Crippen LogP contribution >= 0.6 is 0 Å². The fraction of sp³-hybridized carbons (Fsp3) is 0.263. The van der Waals surface area contributed by atoms with E-state index in [1.807, 2.05) is 60.7 Å². The molecule has 0 aliphatic heterocycles. The van der Waals surface area contributed by atoms with Gasteiger partial charge in [-0.15, -0.1) is 0 Å². The summed E-state index contributed by atoms with van der Waals surface area (Å²) in [5, 5.41) is 3.06. The van der Waals surface area contributed by atoms with Crippen LogP contribution in [0.1, 0.15) is 30.0 Å². The Morgan fingerprint density at radius 3 is 1.92 bits per heavy atom. The zero-order valence-electron chi connectivity index (χ0n) is 14.2. The van der Waals surface area contributed by atoms with Crippen molar-refractivity contribution in [3.8, 4) is 0 Å². The molecule has 1 atom stereocenters. The average Bonchev–Trinajstić information content (AvgIpc) is 2.64. The maximum Gasteiger partial charge on any atom is 0.239 e. The third-order valence-electron chi connectivity index (χ3n) is 3.87. The second kappa shape index (κ2) is 9.56. The van der Waals surface area contributed by atoms with Crippen LogP contribution in [-0.2, 0) is 9.59 Å². The van der Waals surface area contributed by atoms with Crippen molar-refractivity contribution in [3.05, 3.63) is 71.8 Å². The average molecular weight is 340 g/mol. The molecule has 0 saturated carbocycles. The van der Waals surface area contributed by atoms with Crippen LogP contribution in [0.15, 0.2) is 60.7 Å². The summed E-state index contributed by atoms with van der Waals surface area (Å²) >= 11 is 0. The van der Waals surface area contributed by atoms with Crippen LogP contribution < -0.4 is 21.9 Å². The van der Waals surface area contributed by atoms with Crippen molar-refractivity contribution < 1.29 is 9.59 Å². The number of hydrogen-bond acceptors (Lipinski definition) is 4. The first-order valence-electron chi connectivity index (χ1n) is 8.22. The molecule has 0 fully saturated rings. The lowest BCUT2D eigenvalue weighted by Gasteiger charge is -2.24. The highest BCUT2D eigenvalue weighted by Gasteiger charge is 2.23. The van der Waals surface area contributed by atoms with Crippen molar-refractivity contribution in [3.63, 3.8) is 0 Å². The van der Waals surface area contributed by atoms with Crippen molar-refractivity contribution in [1.82, 2.24) is 16.2 Å². The quantitative estimate of drug-likeness (QED) is 0.517. The van der Waals surface area contributed by atoms with Gasteiger partial charge in [0.05, 0.1) is 6.04 Å². The molecule has 0 bridgehead atoms. The predicted molar refractivity (Wildman–Crippen MR) is 97.3 cm³/mol. The molecular weight excluding hydrogens is 316 g/mol. The first-order valence-corrected chi connectivity index (χ1v) is 8.22. The van der Waals surface area contributed by atoms with E-state index in [4.69, 9.17) is 5.73 Å². The summed E-state index contributed by atoms with van der Waals surface area (Å²) in [4.78, 5) is 23.8.